The molecule has 0 saturated heterocycles. The molecule has 0 aliphatic carbocycles. The van der Waals surface area contributed by atoms with Crippen molar-refractivity contribution < 1.29 is 15.0 Å². The van der Waals surface area contributed by atoms with Gasteiger partial charge in [-0.3, -0.25) is 4.79 Å². The van der Waals surface area contributed by atoms with E-state index in [1.165, 1.54) is 16.2 Å². The zero-order chi connectivity index (χ0) is 11.3. The Labute approximate surface area is 97.6 Å². The van der Waals surface area contributed by atoms with Crippen LogP contribution < -0.4 is 0 Å². The molecule has 0 aliphatic heterocycles. The Kier molecular flexibility index (Phi) is 5.10. The van der Waals surface area contributed by atoms with Gasteiger partial charge in [0.15, 0.2) is 0 Å². The standard InChI is InChI=1S/C9H13NO3S2/c11-3-1-10(2-4-12)9(13)8-5-7(14)6-15-8/h5-6,11-12,14H,1-4H2. The zero-order valence-corrected chi connectivity index (χ0v) is 9.80. The van der Waals surface area contributed by atoms with Crippen molar-refractivity contribution in [3.05, 3.63) is 16.3 Å². The van der Waals surface area contributed by atoms with E-state index in [2.05, 4.69) is 12.6 Å². The van der Waals surface area contributed by atoms with Gasteiger partial charge in [0.2, 0.25) is 0 Å². The van der Waals surface area contributed by atoms with Crippen LogP contribution in [0.4, 0.5) is 0 Å². The molecule has 0 aliphatic rings. The minimum atomic E-state index is -0.177. The quantitative estimate of drug-likeness (QED) is 0.663. The third-order valence-electron chi connectivity index (χ3n) is 1.82. The topological polar surface area (TPSA) is 60.8 Å². The molecule has 0 aromatic carbocycles. The van der Waals surface area contributed by atoms with Gasteiger partial charge < -0.3 is 15.1 Å². The van der Waals surface area contributed by atoms with Gasteiger partial charge in [0, 0.05) is 23.4 Å². The molecular weight excluding hydrogens is 234 g/mol. The fraction of sp³-hybridized carbons (Fsp3) is 0.444. The van der Waals surface area contributed by atoms with E-state index in [0.717, 1.165) is 4.90 Å². The number of rotatable bonds is 5. The van der Waals surface area contributed by atoms with Crippen LogP contribution in [0.25, 0.3) is 0 Å². The van der Waals surface area contributed by atoms with Crippen LogP contribution in [0.2, 0.25) is 0 Å². The van der Waals surface area contributed by atoms with Gasteiger partial charge in [0.25, 0.3) is 5.91 Å². The van der Waals surface area contributed by atoms with Gasteiger partial charge in [0.1, 0.15) is 0 Å². The smallest absolute Gasteiger partial charge is 0.264 e. The van der Waals surface area contributed by atoms with Crippen molar-refractivity contribution in [2.24, 2.45) is 0 Å². The van der Waals surface area contributed by atoms with Gasteiger partial charge in [-0.15, -0.1) is 24.0 Å². The number of hydrogen-bond donors (Lipinski definition) is 3. The molecule has 0 spiro atoms. The zero-order valence-electron chi connectivity index (χ0n) is 8.09. The van der Waals surface area contributed by atoms with E-state index < -0.39 is 0 Å². The van der Waals surface area contributed by atoms with Crippen LogP contribution in [0.5, 0.6) is 0 Å². The molecule has 6 heteroatoms. The maximum Gasteiger partial charge on any atom is 0.264 e. The molecule has 1 heterocycles. The minimum Gasteiger partial charge on any atom is -0.395 e. The monoisotopic (exact) mass is 247 g/mol. The van der Waals surface area contributed by atoms with Crippen molar-refractivity contribution >= 4 is 29.9 Å². The molecule has 0 radical (unpaired) electrons. The molecule has 0 fully saturated rings. The Hall–Kier alpha value is -0.560. The highest BCUT2D eigenvalue weighted by molar-refractivity contribution is 7.80. The highest BCUT2D eigenvalue weighted by Gasteiger charge is 2.16. The number of aliphatic hydroxyl groups is 2. The molecule has 0 unspecified atom stereocenters. The molecule has 4 nitrogen and oxygen atoms in total. The Morgan fingerprint density at radius 1 is 1.40 bits per heavy atom. The van der Waals surface area contributed by atoms with E-state index in [9.17, 15) is 4.79 Å². The van der Waals surface area contributed by atoms with E-state index in [1.54, 1.807) is 11.4 Å². The van der Waals surface area contributed by atoms with E-state index in [-0.39, 0.29) is 32.2 Å². The lowest BCUT2D eigenvalue weighted by molar-refractivity contribution is 0.0689. The van der Waals surface area contributed by atoms with Crippen LogP contribution in [0.15, 0.2) is 16.3 Å². The first kappa shape index (κ1) is 12.5. The summed E-state index contributed by atoms with van der Waals surface area (Å²) in [6, 6.07) is 1.68. The van der Waals surface area contributed by atoms with Crippen molar-refractivity contribution in [2.45, 2.75) is 4.90 Å². The summed E-state index contributed by atoms with van der Waals surface area (Å²) in [6.07, 6.45) is 0. The van der Waals surface area contributed by atoms with E-state index in [1.807, 2.05) is 0 Å². The van der Waals surface area contributed by atoms with Crippen LogP contribution in [0.3, 0.4) is 0 Å². The lowest BCUT2D eigenvalue weighted by atomic mass is 10.4. The summed E-state index contributed by atoms with van der Waals surface area (Å²) in [6.45, 7) is 0.258. The highest BCUT2D eigenvalue weighted by atomic mass is 32.1. The third kappa shape index (κ3) is 3.49. The summed E-state index contributed by atoms with van der Waals surface area (Å²) in [5, 5.41) is 19.3. The van der Waals surface area contributed by atoms with E-state index in [0.29, 0.717) is 4.88 Å². The number of carbonyl (C=O) groups is 1. The summed E-state index contributed by atoms with van der Waals surface area (Å²) in [5.74, 6) is -0.177. The van der Waals surface area contributed by atoms with Crippen LogP contribution >= 0.6 is 24.0 Å². The van der Waals surface area contributed by atoms with Gasteiger partial charge in [-0.1, -0.05) is 0 Å². The molecular formula is C9H13NO3S2. The average molecular weight is 247 g/mol. The third-order valence-corrected chi connectivity index (χ3v) is 3.17. The second kappa shape index (κ2) is 6.12. The van der Waals surface area contributed by atoms with Crippen molar-refractivity contribution in [3.63, 3.8) is 0 Å². The summed E-state index contributed by atoms with van der Waals surface area (Å²) < 4.78 is 0. The van der Waals surface area contributed by atoms with Crippen LogP contribution in [0, 0.1) is 0 Å². The molecule has 1 aromatic rings. The number of nitrogens with zero attached hydrogens (tertiary/aromatic N) is 1. The minimum absolute atomic E-state index is 0.106. The summed E-state index contributed by atoms with van der Waals surface area (Å²) in [7, 11) is 0. The number of thiol groups is 1. The van der Waals surface area contributed by atoms with E-state index in [4.69, 9.17) is 10.2 Å². The van der Waals surface area contributed by atoms with Crippen LogP contribution in [0.1, 0.15) is 9.67 Å². The Morgan fingerprint density at radius 3 is 2.40 bits per heavy atom. The van der Waals surface area contributed by atoms with E-state index >= 15 is 0 Å². The van der Waals surface area contributed by atoms with Crippen molar-refractivity contribution in [1.29, 1.82) is 0 Å². The predicted octanol–water partition coefficient (Wildman–Crippen LogP) is 0.464. The second-order valence-electron chi connectivity index (χ2n) is 2.91. The molecule has 84 valence electrons. The molecule has 0 saturated carbocycles. The number of carbonyl (C=O) groups excluding carboxylic acids is 1. The molecule has 2 N–H and O–H groups in total. The lowest BCUT2D eigenvalue weighted by Gasteiger charge is -2.19. The predicted molar refractivity (Wildman–Crippen MR) is 61.6 cm³/mol. The number of thiophene rings is 1. The highest BCUT2D eigenvalue weighted by Crippen LogP contribution is 2.19. The summed E-state index contributed by atoms with van der Waals surface area (Å²) >= 11 is 5.42. The SMILES string of the molecule is O=C(c1cc(S)cs1)N(CCO)CCO. The molecule has 0 bridgehead atoms. The van der Waals surface area contributed by atoms with Crippen LogP contribution in [-0.4, -0.2) is 47.3 Å². The molecule has 15 heavy (non-hydrogen) atoms. The molecule has 1 aromatic heterocycles. The lowest BCUT2D eigenvalue weighted by Crippen LogP contribution is -2.35. The van der Waals surface area contributed by atoms with Gasteiger partial charge >= 0.3 is 0 Å². The molecule has 0 atom stereocenters. The maximum absolute atomic E-state index is 11.8. The largest absolute Gasteiger partial charge is 0.395 e. The van der Waals surface area contributed by atoms with Gasteiger partial charge in [-0.05, 0) is 6.07 Å². The van der Waals surface area contributed by atoms with Crippen molar-refractivity contribution in [1.82, 2.24) is 4.90 Å². The number of amides is 1. The Morgan fingerprint density at radius 2 is 2.00 bits per heavy atom. The Balaban J connectivity index is 2.71. The second-order valence-corrected chi connectivity index (χ2v) is 4.34. The Bertz CT molecular complexity index is 321. The molecule has 1 rings (SSSR count). The van der Waals surface area contributed by atoms with Gasteiger partial charge in [-0.25, -0.2) is 0 Å². The normalized spacial score (nSPS) is 10.3. The van der Waals surface area contributed by atoms with Gasteiger partial charge in [0.05, 0.1) is 18.1 Å². The van der Waals surface area contributed by atoms with Crippen molar-refractivity contribution in [3.8, 4) is 0 Å². The summed E-state index contributed by atoms with van der Waals surface area (Å²) in [4.78, 5) is 14.6. The summed E-state index contributed by atoms with van der Waals surface area (Å²) in [5.41, 5.74) is 0. The van der Waals surface area contributed by atoms with Crippen molar-refractivity contribution in [2.75, 3.05) is 26.3 Å². The first-order chi connectivity index (χ1) is 7.19. The number of aliphatic hydroxyl groups excluding tert-OH is 2. The fourth-order valence-electron chi connectivity index (χ4n) is 1.15. The maximum atomic E-state index is 11.8. The molecule has 1 amide bonds. The fourth-order valence-corrected chi connectivity index (χ4v) is 2.27. The first-order valence-electron chi connectivity index (χ1n) is 4.47. The number of hydrogen-bond acceptors (Lipinski definition) is 5. The average Bonchev–Trinajstić information content (AvgIpc) is 2.63. The van der Waals surface area contributed by atoms with Gasteiger partial charge in [-0.2, -0.15) is 0 Å². The van der Waals surface area contributed by atoms with Crippen LogP contribution in [-0.2, 0) is 0 Å². The first-order valence-corrected chi connectivity index (χ1v) is 5.80.